The number of amides is 2. The van der Waals surface area contributed by atoms with Crippen molar-refractivity contribution < 1.29 is 19.4 Å². The summed E-state index contributed by atoms with van der Waals surface area (Å²) in [5.74, 6) is -0.898. The van der Waals surface area contributed by atoms with Gasteiger partial charge in [-0.3, -0.25) is 4.79 Å². The Labute approximate surface area is 125 Å². The van der Waals surface area contributed by atoms with Gasteiger partial charge >= 0.3 is 12.0 Å². The van der Waals surface area contributed by atoms with Crippen LogP contribution in [0.1, 0.15) is 45.4 Å². The minimum Gasteiger partial charge on any atom is -0.481 e. The number of nitrogens with zero attached hydrogens (tertiary/aromatic N) is 1. The second-order valence-electron chi connectivity index (χ2n) is 6.12. The number of rotatable bonds is 6. The van der Waals surface area contributed by atoms with Crippen molar-refractivity contribution in [2.24, 2.45) is 5.41 Å². The summed E-state index contributed by atoms with van der Waals surface area (Å²) < 4.78 is 5.85. The van der Waals surface area contributed by atoms with Crippen molar-refractivity contribution >= 4 is 12.0 Å². The molecule has 1 spiro atoms. The number of hydrogen-bond acceptors (Lipinski definition) is 3. The average molecular weight is 298 g/mol. The number of nitrogens with one attached hydrogen (secondary N) is 1. The van der Waals surface area contributed by atoms with E-state index in [1.807, 2.05) is 14.0 Å². The molecule has 2 aliphatic carbocycles. The van der Waals surface area contributed by atoms with E-state index in [9.17, 15) is 9.59 Å². The van der Waals surface area contributed by atoms with Crippen LogP contribution in [0.15, 0.2) is 0 Å². The molecule has 2 fully saturated rings. The third-order valence-electron chi connectivity index (χ3n) is 5.05. The molecule has 2 rings (SSSR count). The van der Waals surface area contributed by atoms with Gasteiger partial charge in [-0.15, -0.1) is 0 Å². The van der Waals surface area contributed by atoms with E-state index >= 15 is 0 Å². The second kappa shape index (κ2) is 6.64. The van der Waals surface area contributed by atoms with Gasteiger partial charge in [0.25, 0.3) is 0 Å². The van der Waals surface area contributed by atoms with Crippen LogP contribution < -0.4 is 5.32 Å². The van der Waals surface area contributed by atoms with Gasteiger partial charge in [0.15, 0.2) is 0 Å². The number of hydrogen-bond donors (Lipinski definition) is 2. The molecule has 21 heavy (non-hydrogen) atoms. The molecule has 2 atom stereocenters. The quantitative estimate of drug-likeness (QED) is 0.784. The lowest BCUT2D eigenvalue weighted by atomic mass is 9.60. The number of urea groups is 1. The van der Waals surface area contributed by atoms with Crippen LogP contribution in [0.5, 0.6) is 0 Å². The normalized spacial score (nSPS) is 26.4. The molecule has 0 radical (unpaired) electrons. The molecular formula is C15H26N2O4. The predicted octanol–water partition coefficient (Wildman–Crippen LogP) is 1.84. The molecule has 2 saturated carbocycles. The van der Waals surface area contributed by atoms with E-state index in [1.165, 1.54) is 12.8 Å². The standard InChI is InChI=1S/C15H26N2O4/c1-3-21-12-10-11(15(12)7-4-5-8-15)17(2)14(20)16-9-6-13(18)19/h11-12H,3-10H2,1-2H3,(H,16,20)(H,18,19). The minimum atomic E-state index is -0.898. The van der Waals surface area contributed by atoms with Gasteiger partial charge in [0.1, 0.15) is 0 Å². The molecule has 0 aromatic rings. The summed E-state index contributed by atoms with van der Waals surface area (Å²) in [4.78, 5) is 24.4. The zero-order valence-corrected chi connectivity index (χ0v) is 12.9. The Morgan fingerprint density at radius 3 is 2.62 bits per heavy atom. The maximum atomic E-state index is 12.1. The van der Waals surface area contributed by atoms with Crippen LogP contribution in [-0.2, 0) is 9.53 Å². The molecule has 6 nitrogen and oxygen atoms in total. The highest BCUT2D eigenvalue weighted by molar-refractivity contribution is 5.75. The Balaban J connectivity index is 1.91. The summed E-state index contributed by atoms with van der Waals surface area (Å²) in [5, 5.41) is 11.3. The average Bonchev–Trinajstić information content (AvgIpc) is 2.94. The SMILES string of the molecule is CCOC1CC(N(C)C(=O)NCCC(=O)O)C12CCCC2. The highest BCUT2D eigenvalue weighted by Crippen LogP contribution is 2.56. The molecule has 2 aliphatic rings. The predicted molar refractivity (Wildman–Crippen MR) is 78.1 cm³/mol. The van der Waals surface area contributed by atoms with Crippen molar-refractivity contribution in [3.05, 3.63) is 0 Å². The van der Waals surface area contributed by atoms with E-state index in [0.717, 1.165) is 19.3 Å². The van der Waals surface area contributed by atoms with Gasteiger partial charge in [-0.1, -0.05) is 12.8 Å². The zero-order valence-electron chi connectivity index (χ0n) is 12.9. The minimum absolute atomic E-state index is 0.0447. The summed E-state index contributed by atoms with van der Waals surface area (Å²) in [5.41, 5.74) is 0.120. The van der Waals surface area contributed by atoms with Crippen LogP contribution in [-0.4, -0.2) is 54.4 Å². The number of carboxylic acid groups (broad SMARTS) is 1. The topological polar surface area (TPSA) is 78.9 Å². The lowest BCUT2D eigenvalue weighted by molar-refractivity contribution is -0.151. The highest BCUT2D eigenvalue weighted by atomic mass is 16.5. The molecule has 120 valence electrons. The van der Waals surface area contributed by atoms with Crippen molar-refractivity contribution in [1.29, 1.82) is 0 Å². The van der Waals surface area contributed by atoms with E-state index in [2.05, 4.69) is 5.32 Å². The van der Waals surface area contributed by atoms with Crippen molar-refractivity contribution in [2.75, 3.05) is 20.2 Å². The molecule has 0 bridgehead atoms. The van der Waals surface area contributed by atoms with E-state index < -0.39 is 5.97 Å². The Bertz CT molecular complexity index is 393. The third kappa shape index (κ3) is 3.15. The molecule has 0 heterocycles. The van der Waals surface area contributed by atoms with E-state index in [0.29, 0.717) is 6.61 Å². The van der Waals surface area contributed by atoms with Crippen molar-refractivity contribution in [1.82, 2.24) is 10.2 Å². The van der Waals surface area contributed by atoms with E-state index in [-0.39, 0.29) is 36.6 Å². The van der Waals surface area contributed by atoms with Crippen molar-refractivity contribution in [3.63, 3.8) is 0 Å². The lowest BCUT2D eigenvalue weighted by Gasteiger charge is -2.56. The van der Waals surface area contributed by atoms with Crippen LogP contribution in [0.2, 0.25) is 0 Å². The first-order chi connectivity index (χ1) is 10.0. The van der Waals surface area contributed by atoms with Gasteiger partial charge in [0, 0.05) is 31.7 Å². The van der Waals surface area contributed by atoms with Crippen LogP contribution in [0, 0.1) is 5.41 Å². The summed E-state index contributed by atoms with van der Waals surface area (Å²) in [6.07, 6.45) is 5.75. The maximum absolute atomic E-state index is 12.1. The van der Waals surface area contributed by atoms with E-state index in [4.69, 9.17) is 9.84 Å². The zero-order chi connectivity index (χ0) is 15.5. The number of aliphatic carboxylic acids is 1. The summed E-state index contributed by atoms with van der Waals surface area (Å²) >= 11 is 0. The van der Waals surface area contributed by atoms with Crippen LogP contribution >= 0.6 is 0 Å². The molecular weight excluding hydrogens is 272 g/mol. The lowest BCUT2D eigenvalue weighted by Crippen LogP contribution is -2.65. The van der Waals surface area contributed by atoms with Gasteiger partial charge in [0.2, 0.25) is 0 Å². The molecule has 0 aromatic heterocycles. The van der Waals surface area contributed by atoms with Gasteiger partial charge in [-0.2, -0.15) is 0 Å². The molecule has 0 saturated heterocycles. The van der Waals surface area contributed by atoms with Crippen LogP contribution in [0.25, 0.3) is 0 Å². The number of ether oxygens (including phenoxy) is 1. The molecule has 0 aromatic carbocycles. The first kappa shape index (κ1) is 16.1. The van der Waals surface area contributed by atoms with Gasteiger partial charge < -0.3 is 20.1 Å². The smallest absolute Gasteiger partial charge is 0.317 e. The fraction of sp³-hybridized carbons (Fsp3) is 0.867. The van der Waals surface area contributed by atoms with Gasteiger partial charge in [0.05, 0.1) is 12.5 Å². The molecule has 2 unspecified atom stereocenters. The first-order valence-electron chi connectivity index (χ1n) is 7.85. The van der Waals surface area contributed by atoms with Crippen LogP contribution in [0.4, 0.5) is 4.79 Å². The summed E-state index contributed by atoms with van der Waals surface area (Å²) in [6, 6.07) is 0.0313. The Hall–Kier alpha value is -1.30. The molecule has 2 amide bonds. The van der Waals surface area contributed by atoms with Crippen LogP contribution in [0.3, 0.4) is 0 Å². The molecule has 2 N–H and O–H groups in total. The van der Waals surface area contributed by atoms with E-state index in [1.54, 1.807) is 4.90 Å². The molecule has 0 aliphatic heterocycles. The first-order valence-corrected chi connectivity index (χ1v) is 7.85. The van der Waals surface area contributed by atoms with Gasteiger partial charge in [-0.25, -0.2) is 4.79 Å². The summed E-state index contributed by atoms with van der Waals surface area (Å²) in [6.45, 7) is 2.90. The number of carbonyl (C=O) groups is 2. The molecule has 6 heteroatoms. The fourth-order valence-electron chi connectivity index (χ4n) is 3.94. The van der Waals surface area contributed by atoms with Gasteiger partial charge in [-0.05, 0) is 26.2 Å². The highest BCUT2D eigenvalue weighted by Gasteiger charge is 2.58. The fourth-order valence-corrected chi connectivity index (χ4v) is 3.94. The number of carbonyl (C=O) groups excluding carboxylic acids is 1. The Morgan fingerprint density at radius 1 is 1.38 bits per heavy atom. The maximum Gasteiger partial charge on any atom is 0.317 e. The Kier molecular flexibility index (Phi) is 5.08. The Morgan fingerprint density at radius 2 is 2.05 bits per heavy atom. The van der Waals surface area contributed by atoms with Crippen molar-refractivity contribution in [2.45, 2.75) is 57.6 Å². The van der Waals surface area contributed by atoms with Crippen molar-refractivity contribution in [3.8, 4) is 0 Å². The summed E-state index contributed by atoms with van der Waals surface area (Å²) in [7, 11) is 1.81. The second-order valence-corrected chi connectivity index (χ2v) is 6.12. The number of carboxylic acids is 1. The third-order valence-corrected chi connectivity index (χ3v) is 5.05. The largest absolute Gasteiger partial charge is 0.481 e. The monoisotopic (exact) mass is 298 g/mol.